The van der Waals surface area contributed by atoms with Crippen LogP contribution in [-0.2, 0) is 0 Å². The third-order valence-corrected chi connectivity index (χ3v) is 3.53. The van der Waals surface area contributed by atoms with Crippen LogP contribution in [0.3, 0.4) is 0 Å². The first-order chi connectivity index (χ1) is 6.79. The van der Waals surface area contributed by atoms with E-state index in [1.165, 1.54) is 25.7 Å². The molecular formula is C10H18N4. The molecule has 0 N–H and O–H groups in total. The van der Waals surface area contributed by atoms with Crippen molar-refractivity contribution in [2.45, 2.75) is 44.7 Å². The average molecular weight is 194 g/mol. The van der Waals surface area contributed by atoms with E-state index in [4.69, 9.17) is 5.53 Å². The second kappa shape index (κ2) is 4.20. The number of rotatable bonds is 2. The number of hydrogen-bond acceptors (Lipinski definition) is 2. The second-order valence-electron chi connectivity index (χ2n) is 4.74. The Morgan fingerprint density at radius 2 is 2.14 bits per heavy atom. The fourth-order valence-corrected chi connectivity index (χ4v) is 2.67. The summed E-state index contributed by atoms with van der Waals surface area (Å²) in [5.41, 5.74) is 8.28. The van der Waals surface area contributed by atoms with Crippen molar-refractivity contribution in [3.63, 3.8) is 0 Å². The third kappa shape index (κ3) is 2.02. The summed E-state index contributed by atoms with van der Waals surface area (Å²) in [6.45, 7) is 4.32. The summed E-state index contributed by atoms with van der Waals surface area (Å²) in [4.78, 5) is 5.33. The van der Waals surface area contributed by atoms with Gasteiger partial charge in [0.1, 0.15) is 0 Å². The molecule has 1 saturated carbocycles. The average Bonchev–Trinajstić information content (AvgIpc) is 2.10. The molecule has 0 amide bonds. The van der Waals surface area contributed by atoms with Gasteiger partial charge in [-0.3, -0.25) is 4.90 Å². The lowest BCUT2D eigenvalue weighted by molar-refractivity contribution is 0.0595. The highest BCUT2D eigenvalue weighted by Crippen LogP contribution is 2.30. The third-order valence-electron chi connectivity index (χ3n) is 3.53. The summed E-state index contributed by atoms with van der Waals surface area (Å²) in [7, 11) is 0. The van der Waals surface area contributed by atoms with Crippen LogP contribution in [0.25, 0.3) is 10.4 Å². The van der Waals surface area contributed by atoms with Gasteiger partial charge in [0.15, 0.2) is 0 Å². The lowest BCUT2D eigenvalue weighted by Gasteiger charge is -2.45. The van der Waals surface area contributed by atoms with Gasteiger partial charge in [-0.2, -0.15) is 0 Å². The molecule has 1 aliphatic carbocycles. The monoisotopic (exact) mass is 194 g/mol. The highest BCUT2D eigenvalue weighted by atomic mass is 15.3. The summed E-state index contributed by atoms with van der Waals surface area (Å²) in [5.74, 6) is 0.882. The molecule has 4 heteroatoms. The van der Waals surface area contributed by atoms with Crippen LogP contribution in [0.1, 0.15) is 32.6 Å². The van der Waals surface area contributed by atoms with E-state index in [0.717, 1.165) is 25.0 Å². The molecule has 2 aliphatic rings. The number of hydrogen-bond donors (Lipinski definition) is 0. The quantitative estimate of drug-likeness (QED) is 0.378. The van der Waals surface area contributed by atoms with Gasteiger partial charge in [0.05, 0.1) is 6.04 Å². The molecule has 0 bridgehead atoms. The van der Waals surface area contributed by atoms with Crippen molar-refractivity contribution in [1.82, 2.24) is 4.90 Å². The Hall–Kier alpha value is -0.730. The Kier molecular flexibility index (Phi) is 2.94. The SMILES string of the molecule is CC1CCCC(N2CC(N=[N+]=[N-])C2)C1. The summed E-state index contributed by atoms with van der Waals surface area (Å²) in [6, 6.07) is 1.01. The van der Waals surface area contributed by atoms with Crippen LogP contribution in [0.5, 0.6) is 0 Å². The van der Waals surface area contributed by atoms with E-state index in [2.05, 4.69) is 21.8 Å². The van der Waals surface area contributed by atoms with E-state index < -0.39 is 0 Å². The molecule has 0 radical (unpaired) electrons. The van der Waals surface area contributed by atoms with Crippen LogP contribution in [0, 0.1) is 5.92 Å². The molecule has 0 aromatic rings. The summed E-state index contributed by atoms with van der Waals surface area (Å²) in [5, 5.41) is 3.73. The van der Waals surface area contributed by atoms with E-state index in [1.807, 2.05) is 0 Å². The van der Waals surface area contributed by atoms with Crippen molar-refractivity contribution in [1.29, 1.82) is 0 Å². The predicted octanol–water partition coefficient (Wildman–Crippen LogP) is 2.56. The Morgan fingerprint density at radius 3 is 2.79 bits per heavy atom. The van der Waals surface area contributed by atoms with Crippen molar-refractivity contribution in [3.05, 3.63) is 10.4 Å². The fourth-order valence-electron chi connectivity index (χ4n) is 2.67. The minimum atomic E-state index is 0.247. The van der Waals surface area contributed by atoms with Crippen LogP contribution in [0.4, 0.5) is 0 Å². The van der Waals surface area contributed by atoms with Gasteiger partial charge in [-0.25, -0.2) is 0 Å². The minimum Gasteiger partial charge on any atom is -0.299 e. The zero-order valence-electron chi connectivity index (χ0n) is 8.76. The summed E-state index contributed by atoms with van der Waals surface area (Å²) < 4.78 is 0. The molecule has 0 aromatic heterocycles. The van der Waals surface area contributed by atoms with Crippen molar-refractivity contribution in [2.75, 3.05) is 13.1 Å². The number of azide groups is 1. The maximum atomic E-state index is 8.28. The first-order valence-corrected chi connectivity index (χ1v) is 5.58. The molecule has 2 fully saturated rings. The van der Waals surface area contributed by atoms with Crippen LogP contribution < -0.4 is 0 Å². The van der Waals surface area contributed by atoms with Crippen molar-refractivity contribution >= 4 is 0 Å². The van der Waals surface area contributed by atoms with Crippen LogP contribution >= 0.6 is 0 Å². The van der Waals surface area contributed by atoms with Crippen molar-refractivity contribution in [3.8, 4) is 0 Å². The molecule has 2 atom stereocenters. The van der Waals surface area contributed by atoms with Gasteiger partial charge in [0, 0.05) is 24.0 Å². The van der Waals surface area contributed by atoms with E-state index >= 15 is 0 Å². The van der Waals surface area contributed by atoms with Crippen molar-refractivity contribution < 1.29 is 0 Å². The van der Waals surface area contributed by atoms with E-state index in [0.29, 0.717) is 0 Å². The molecular weight excluding hydrogens is 176 g/mol. The Bertz CT molecular complexity index is 241. The van der Waals surface area contributed by atoms with Gasteiger partial charge >= 0.3 is 0 Å². The van der Waals surface area contributed by atoms with Crippen molar-refractivity contribution in [2.24, 2.45) is 11.0 Å². The lowest BCUT2D eigenvalue weighted by atomic mass is 9.85. The van der Waals surface area contributed by atoms with Gasteiger partial charge in [-0.15, -0.1) is 0 Å². The second-order valence-corrected chi connectivity index (χ2v) is 4.74. The zero-order valence-corrected chi connectivity index (χ0v) is 8.76. The smallest absolute Gasteiger partial charge is 0.0628 e. The highest BCUT2D eigenvalue weighted by Gasteiger charge is 2.33. The molecule has 0 aromatic carbocycles. The maximum Gasteiger partial charge on any atom is 0.0628 e. The lowest BCUT2D eigenvalue weighted by Crippen LogP contribution is -2.55. The van der Waals surface area contributed by atoms with Gasteiger partial charge in [-0.1, -0.05) is 24.9 Å². The molecule has 2 rings (SSSR count). The number of nitrogens with zero attached hydrogens (tertiary/aromatic N) is 4. The van der Waals surface area contributed by atoms with Crippen LogP contribution in [0.2, 0.25) is 0 Å². The largest absolute Gasteiger partial charge is 0.299 e. The van der Waals surface area contributed by atoms with E-state index in [-0.39, 0.29) is 6.04 Å². The molecule has 1 aliphatic heterocycles. The van der Waals surface area contributed by atoms with Gasteiger partial charge in [0.2, 0.25) is 0 Å². The van der Waals surface area contributed by atoms with E-state index in [1.54, 1.807) is 0 Å². The number of likely N-dealkylation sites (tertiary alicyclic amines) is 1. The van der Waals surface area contributed by atoms with Gasteiger partial charge < -0.3 is 0 Å². The molecule has 4 nitrogen and oxygen atoms in total. The Morgan fingerprint density at radius 1 is 1.36 bits per heavy atom. The van der Waals surface area contributed by atoms with Crippen LogP contribution in [-0.4, -0.2) is 30.1 Å². The highest BCUT2D eigenvalue weighted by molar-refractivity contribution is 4.91. The Balaban J connectivity index is 1.78. The van der Waals surface area contributed by atoms with E-state index in [9.17, 15) is 0 Å². The minimum absolute atomic E-state index is 0.247. The fraction of sp³-hybridized carbons (Fsp3) is 1.00. The zero-order chi connectivity index (χ0) is 9.97. The summed E-state index contributed by atoms with van der Waals surface area (Å²) in [6.07, 6.45) is 5.44. The first-order valence-electron chi connectivity index (χ1n) is 5.58. The molecule has 78 valence electrons. The van der Waals surface area contributed by atoms with Crippen LogP contribution in [0.15, 0.2) is 5.11 Å². The normalized spacial score (nSPS) is 34.6. The molecule has 0 spiro atoms. The standard InChI is InChI=1S/C10H18N4/c1-8-3-2-4-10(5-8)14-6-9(7-14)12-13-11/h8-10H,2-7H2,1H3. The molecule has 2 unspecified atom stereocenters. The first kappa shape index (κ1) is 9.81. The van der Waals surface area contributed by atoms with Gasteiger partial charge in [0.25, 0.3) is 0 Å². The summed E-state index contributed by atoms with van der Waals surface area (Å²) >= 11 is 0. The Labute approximate surface area is 84.9 Å². The maximum absolute atomic E-state index is 8.28. The topological polar surface area (TPSA) is 52.0 Å². The molecule has 1 saturated heterocycles. The molecule has 1 heterocycles. The molecule has 14 heavy (non-hydrogen) atoms. The van der Waals surface area contributed by atoms with Gasteiger partial charge in [-0.05, 0) is 24.3 Å². The predicted molar refractivity (Wildman–Crippen MR) is 55.9 cm³/mol.